The quantitative estimate of drug-likeness (QED) is 0.530. The van der Waals surface area contributed by atoms with Crippen molar-refractivity contribution >= 4 is 5.78 Å². The van der Waals surface area contributed by atoms with Gasteiger partial charge in [-0.15, -0.1) is 0 Å². The highest BCUT2D eigenvalue weighted by Crippen LogP contribution is 2.06. The van der Waals surface area contributed by atoms with Gasteiger partial charge in [0.25, 0.3) is 0 Å². The van der Waals surface area contributed by atoms with Gasteiger partial charge in [0, 0.05) is 26.1 Å². The summed E-state index contributed by atoms with van der Waals surface area (Å²) < 4.78 is 0. The molecule has 0 saturated heterocycles. The van der Waals surface area contributed by atoms with Gasteiger partial charge < -0.3 is 10.2 Å². The van der Waals surface area contributed by atoms with Crippen LogP contribution in [0, 0.1) is 0 Å². The fraction of sp³-hybridized carbons (Fsp3) is 0.909. The first kappa shape index (κ1) is 13.6. The first-order valence-electron chi connectivity index (χ1n) is 5.54. The lowest BCUT2D eigenvalue weighted by atomic mass is 10.1. The summed E-state index contributed by atoms with van der Waals surface area (Å²) in [6, 6.07) is 0. The van der Waals surface area contributed by atoms with Crippen LogP contribution in [0.1, 0.15) is 51.4 Å². The van der Waals surface area contributed by atoms with Crippen LogP contribution in [0.5, 0.6) is 0 Å². The van der Waals surface area contributed by atoms with Crippen molar-refractivity contribution in [2.24, 2.45) is 0 Å². The molecule has 0 aromatic heterocycles. The molecular weight excluding hydrogens is 180 g/mol. The van der Waals surface area contributed by atoms with E-state index in [9.17, 15) is 4.79 Å². The maximum absolute atomic E-state index is 11.2. The largest absolute Gasteiger partial charge is 0.396 e. The van der Waals surface area contributed by atoms with E-state index in [1.54, 1.807) is 0 Å². The van der Waals surface area contributed by atoms with Gasteiger partial charge in [-0.25, -0.2) is 0 Å². The molecule has 0 radical (unpaired) electrons. The van der Waals surface area contributed by atoms with Crippen LogP contribution in [0.25, 0.3) is 0 Å². The third-order valence-corrected chi connectivity index (χ3v) is 2.23. The Morgan fingerprint density at radius 1 is 0.714 bits per heavy atom. The standard InChI is InChI=1S/C11H22O3/c12-9-5-1-3-7-11(14)8-4-2-6-10-13/h12-13H,1-10H2. The van der Waals surface area contributed by atoms with Crippen LogP contribution in [0.15, 0.2) is 0 Å². The topological polar surface area (TPSA) is 57.5 Å². The summed E-state index contributed by atoms with van der Waals surface area (Å²) in [7, 11) is 0. The third-order valence-electron chi connectivity index (χ3n) is 2.23. The van der Waals surface area contributed by atoms with Crippen LogP contribution in [0.2, 0.25) is 0 Å². The first-order valence-corrected chi connectivity index (χ1v) is 5.54. The number of ketones is 1. The Kier molecular flexibility index (Phi) is 10.4. The monoisotopic (exact) mass is 202 g/mol. The van der Waals surface area contributed by atoms with Crippen molar-refractivity contribution in [2.75, 3.05) is 13.2 Å². The van der Waals surface area contributed by atoms with Crippen molar-refractivity contribution in [1.29, 1.82) is 0 Å². The fourth-order valence-electron chi connectivity index (χ4n) is 1.35. The molecule has 0 rings (SSSR count). The minimum atomic E-state index is 0.227. The van der Waals surface area contributed by atoms with Gasteiger partial charge in [-0.1, -0.05) is 12.8 Å². The van der Waals surface area contributed by atoms with Crippen LogP contribution in [0.4, 0.5) is 0 Å². The molecule has 0 spiro atoms. The van der Waals surface area contributed by atoms with E-state index in [2.05, 4.69) is 0 Å². The molecule has 2 N–H and O–H groups in total. The molecule has 0 fully saturated rings. The molecule has 0 aromatic rings. The Morgan fingerprint density at radius 3 is 1.50 bits per heavy atom. The average molecular weight is 202 g/mol. The van der Waals surface area contributed by atoms with Crippen molar-refractivity contribution in [3.05, 3.63) is 0 Å². The summed E-state index contributed by atoms with van der Waals surface area (Å²) in [4.78, 5) is 11.2. The van der Waals surface area contributed by atoms with E-state index in [0.717, 1.165) is 38.5 Å². The molecule has 84 valence electrons. The molecule has 0 saturated carbocycles. The highest BCUT2D eigenvalue weighted by atomic mass is 16.3. The first-order chi connectivity index (χ1) is 6.81. The summed E-state index contributed by atoms with van der Waals surface area (Å²) in [5, 5.41) is 17.0. The van der Waals surface area contributed by atoms with E-state index >= 15 is 0 Å². The molecule has 3 nitrogen and oxygen atoms in total. The molecular formula is C11H22O3. The predicted molar refractivity (Wildman–Crippen MR) is 56.1 cm³/mol. The van der Waals surface area contributed by atoms with E-state index in [-0.39, 0.29) is 13.2 Å². The SMILES string of the molecule is O=C(CCCCCO)CCCCCO. The number of hydrogen-bond donors (Lipinski definition) is 2. The number of hydrogen-bond acceptors (Lipinski definition) is 3. The lowest BCUT2D eigenvalue weighted by molar-refractivity contribution is -0.119. The zero-order valence-corrected chi connectivity index (χ0v) is 8.87. The Hall–Kier alpha value is -0.410. The van der Waals surface area contributed by atoms with Gasteiger partial charge >= 0.3 is 0 Å². The van der Waals surface area contributed by atoms with Gasteiger partial charge in [0.2, 0.25) is 0 Å². The zero-order chi connectivity index (χ0) is 10.6. The van der Waals surface area contributed by atoms with Gasteiger partial charge in [-0.3, -0.25) is 4.79 Å². The summed E-state index contributed by atoms with van der Waals surface area (Å²) in [6.45, 7) is 0.454. The van der Waals surface area contributed by atoms with Crippen LogP contribution < -0.4 is 0 Å². The Balaban J connectivity index is 3.11. The van der Waals surface area contributed by atoms with Crippen LogP contribution in [0.3, 0.4) is 0 Å². The van der Waals surface area contributed by atoms with E-state index in [0.29, 0.717) is 18.6 Å². The smallest absolute Gasteiger partial charge is 0.132 e. The maximum atomic E-state index is 11.2. The van der Waals surface area contributed by atoms with E-state index < -0.39 is 0 Å². The van der Waals surface area contributed by atoms with E-state index in [1.165, 1.54) is 0 Å². The normalized spacial score (nSPS) is 10.4. The molecule has 0 aromatic carbocycles. The summed E-state index contributed by atoms with van der Waals surface area (Å²) in [5.41, 5.74) is 0. The molecule has 0 atom stereocenters. The molecule has 0 heterocycles. The van der Waals surface area contributed by atoms with Crippen molar-refractivity contribution in [3.8, 4) is 0 Å². The molecule has 3 heteroatoms. The number of carbonyl (C=O) groups excluding carboxylic acids is 1. The number of unbranched alkanes of at least 4 members (excludes halogenated alkanes) is 4. The fourth-order valence-corrected chi connectivity index (χ4v) is 1.35. The molecule has 0 aliphatic rings. The highest BCUT2D eigenvalue weighted by Gasteiger charge is 2.00. The zero-order valence-electron chi connectivity index (χ0n) is 8.87. The summed E-state index contributed by atoms with van der Waals surface area (Å²) >= 11 is 0. The van der Waals surface area contributed by atoms with E-state index in [4.69, 9.17) is 10.2 Å². The Morgan fingerprint density at radius 2 is 1.14 bits per heavy atom. The number of Topliss-reactive ketones (excluding diaryl/α,β-unsaturated/α-hetero) is 1. The van der Waals surface area contributed by atoms with Gasteiger partial charge in [-0.2, -0.15) is 0 Å². The second-order valence-electron chi connectivity index (χ2n) is 3.61. The third kappa shape index (κ3) is 9.68. The Bertz CT molecular complexity index is 120. The predicted octanol–water partition coefficient (Wildman–Crippen LogP) is 1.66. The molecule has 0 bridgehead atoms. The lowest BCUT2D eigenvalue weighted by Gasteiger charge is -2.00. The average Bonchev–Trinajstić information content (AvgIpc) is 2.19. The van der Waals surface area contributed by atoms with Crippen LogP contribution in [-0.4, -0.2) is 29.2 Å². The van der Waals surface area contributed by atoms with Gasteiger partial charge in [0.15, 0.2) is 0 Å². The molecule has 0 unspecified atom stereocenters. The maximum Gasteiger partial charge on any atom is 0.132 e. The summed E-state index contributed by atoms with van der Waals surface area (Å²) in [6.07, 6.45) is 6.60. The molecule has 0 amide bonds. The second kappa shape index (κ2) is 10.7. The number of aliphatic hydroxyl groups is 2. The molecule has 0 aliphatic carbocycles. The lowest BCUT2D eigenvalue weighted by Crippen LogP contribution is -1.98. The van der Waals surface area contributed by atoms with Crippen molar-refractivity contribution in [2.45, 2.75) is 51.4 Å². The Labute approximate surface area is 86.1 Å². The molecule has 14 heavy (non-hydrogen) atoms. The van der Waals surface area contributed by atoms with E-state index in [1.807, 2.05) is 0 Å². The van der Waals surface area contributed by atoms with Gasteiger partial charge in [-0.05, 0) is 25.7 Å². The minimum Gasteiger partial charge on any atom is -0.396 e. The van der Waals surface area contributed by atoms with Crippen molar-refractivity contribution in [1.82, 2.24) is 0 Å². The highest BCUT2D eigenvalue weighted by molar-refractivity contribution is 5.78. The second-order valence-corrected chi connectivity index (χ2v) is 3.61. The van der Waals surface area contributed by atoms with Gasteiger partial charge in [0.1, 0.15) is 5.78 Å². The van der Waals surface area contributed by atoms with Crippen LogP contribution in [-0.2, 0) is 4.79 Å². The van der Waals surface area contributed by atoms with Crippen molar-refractivity contribution < 1.29 is 15.0 Å². The number of carbonyl (C=O) groups is 1. The number of aliphatic hydroxyl groups excluding tert-OH is 2. The minimum absolute atomic E-state index is 0.227. The molecule has 0 aliphatic heterocycles. The summed E-state index contributed by atoms with van der Waals surface area (Å²) in [5.74, 6) is 0.320. The van der Waals surface area contributed by atoms with Crippen LogP contribution >= 0.6 is 0 Å². The number of rotatable bonds is 10. The van der Waals surface area contributed by atoms with Gasteiger partial charge in [0.05, 0.1) is 0 Å². The van der Waals surface area contributed by atoms with Crippen molar-refractivity contribution in [3.63, 3.8) is 0 Å².